The summed E-state index contributed by atoms with van der Waals surface area (Å²) in [5.41, 5.74) is 0. The van der Waals surface area contributed by atoms with E-state index in [1.165, 1.54) is 0 Å². The van der Waals surface area contributed by atoms with Crippen molar-refractivity contribution in [2.75, 3.05) is 0 Å². The van der Waals surface area contributed by atoms with E-state index in [4.69, 9.17) is 0 Å². The van der Waals surface area contributed by atoms with Crippen molar-refractivity contribution in [3.8, 4) is 0 Å². The fourth-order valence-corrected chi connectivity index (χ4v) is 1.14. The standard InChI is InChI=1S/C8H12O/c1-2-4-7-5-3-6-8(7)9/h2-3,6-9H,1,4-5H2/t7?,8-/m1/s1. The summed E-state index contributed by atoms with van der Waals surface area (Å²) in [5, 5.41) is 9.19. The summed E-state index contributed by atoms with van der Waals surface area (Å²) >= 11 is 0. The van der Waals surface area contributed by atoms with E-state index in [1.54, 1.807) is 0 Å². The van der Waals surface area contributed by atoms with Crippen LogP contribution in [0.5, 0.6) is 0 Å². The number of aliphatic hydroxyl groups excluding tert-OH is 1. The summed E-state index contributed by atoms with van der Waals surface area (Å²) in [6, 6.07) is 0. The van der Waals surface area contributed by atoms with E-state index >= 15 is 0 Å². The molecular weight excluding hydrogens is 112 g/mol. The number of hydrogen-bond donors (Lipinski definition) is 1. The first kappa shape index (κ1) is 6.56. The van der Waals surface area contributed by atoms with Crippen LogP contribution in [0.25, 0.3) is 0 Å². The Hall–Kier alpha value is -0.560. The second-order valence-electron chi connectivity index (χ2n) is 2.44. The van der Waals surface area contributed by atoms with Crippen LogP contribution in [-0.4, -0.2) is 11.2 Å². The molecule has 1 nitrogen and oxygen atoms in total. The van der Waals surface area contributed by atoms with Crippen molar-refractivity contribution in [3.05, 3.63) is 24.8 Å². The molecule has 0 saturated carbocycles. The van der Waals surface area contributed by atoms with Crippen molar-refractivity contribution in [1.82, 2.24) is 0 Å². The predicted molar refractivity (Wildman–Crippen MR) is 38.1 cm³/mol. The van der Waals surface area contributed by atoms with Gasteiger partial charge in [0.05, 0.1) is 6.10 Å². The number of hydrogen-bond acceptors (Lipinski definition) is 1. The summed E-state index contributed by atoms with van der Waals surface area (Å²) in [6.07, 6.45) is 7.46. The van der Waals surface area contributed by atoms with E-state index in [2.05, 4.69) is 6.58 Å². The Labute approximate surface area is 55.7 Å². The smallest absolute Gasteiger partial charge is 0.0754 e. The van der Waals surface area contributed by atoms with Crippen LogP contribution in [0.15, 0.2) is 24.8 Å². The van der Waals surface area contributed by atoms with Crippen molar-refractivity contribution in [2.24, 2.45) is 5.92 Å². The largest absolute Gasteiger partial charge is 0.389 e. The highest BCUT2D eigenvalue weighted by Gasteiger charge is 2.17. The summed E-state index contributed by atoms with van der Waals surface area (Å²) in [7, 11) is 0. The topological polar surface area (TPSA) is 20.2 Å². The quantitative estimate of drug-likeness (QED) is 0.553. The van der Waals surface area contributed by atoms with Crippen LogP contribution in [-0.2, 0) is 0 Å². The van der Waals surface area contributed by atoms with Gasteiger partial charge in [0, 0.05) is 0 Å². The molecule has 2 atom stereocenters. The van der Waals surface area contributed by atoms with Crippen molar-refractivity contribution in [1.29, 1.82) is 0 Å². The van der Waals surface area contributed by atoms with Gasteiger partial charge in [0.15, 0.2) is 0 Å². The molecule has 0 spiro atoms. The maximum atomic E-state index is 9.19. The van der Waals surface area contributed by atoms with E-state index in [0.29, 0.717) is 5.92 Å². The predicted octanol–water partition coefficient (Wildman–Crippen LogP) is 1.50. The third-order valence-corrected chi connectivity index (χ3v) is 1.72. The molecule has 0 bridgehead atoms. The van der Waals surface area contributed by atoms with Crippen LogP contribution in [0.2, 0.25) is 0 Å². The summed E-state index contributed by atoms with van der Waals surface area (Å²) in [4.78, 5) is 0. The summed E-state index contributed by atoms with van der Waals surface area (Å²) in [6.45, 7) is 3.62. The molecule has 50 valence electrons. The van der Waals surface area contributed by atoms with Gasteiger partial charge >= 0.3 is 0 Å². The third-order valence-electron chi connectivity index (χ3n) is 1.72. The lowest BCUT2D eigenvalue weighted by atomic mass is 10.0. The van der Waals surface area contributed by atoms with Crippen molar-refractivity contribution < 1.29 is 5.11 Å². The zero-order valence-corrected chi connectivity index (χ0v) is 5.46. The monoisotopic (exact) mass is 124 g/mol. The maximum absolute atomic E-state index is 9.19. The molecule has 1 N–H and O–H groups in total. The van der Waals surface area contributed by atoms with Crippen molar-refractivity contribution in [3.63, 3.8) is 0 Å². The minimum Gasteiger partial charge on any atom is -0.389 e. The first-order valence-corrected chi connectivity index (χ1v) is 3.30. The Morgan fingerprint density at radius 2 is 2.56 bits per heavy atom. The zero-order chi connectivity index (χ0) is 6.69. The molecule has 9 heavy (non-hydrogen) atoms. The van der Waals surface area contributed by atoms with Crippen LogP contribution in [0.4, 0.5) is 0 Å². The molecule has 1 heteroatoms. The van der Waals surface area contributed by atoms with Gasteiger partial charge in [-0.2, -0.15) is 0 Å². The second kappa shape index (κ2) is 2.83. The molecule has 0 aromatic carbocycles. The molecular formula is C8H12O. The van der Waals surface area contributed by atoms with Crippen LogP contribution < -0.4 is 0 Å². The highest BCUT2D eigenvalue weighted by Crippen LogP contribution is 2.21. The third kappa shape index (κ3) is 1.42. The normalized spacial score (nSPS) is 33.0. The van der Waals surface area contributed by atoms with Crippen LogP contribution in [0.1, 0.15) is 12.8 Å². The average molecular weight is 124 g/mol. The molecule has 1 aliphatic rings. The van der Waals surface area contributed by atoms with Gasteiger partial charge in [-0.05, 0) is 18.8 Å². The van der Waals surface area contributed by atoms with Gasteiger partial charge in [-0.3, -0.25) is 0 Å². The zero-order valence-electron chi connectivity index (χ0n) is 5.46. The first-order valence-electron chi connectivity index (χ1n) is 3.30. The van der Waals surface area contributed by atoms with E-state index in [9.17, 15) is 5.11 Å². The Morgan fingerprint density at radius 1 is 1.78 bits per heavy atom. The molecule has 1 aliphatic carbocycles. The van der Waals surface area contributed by atoms with Crippen molar-refractivity contribution in [2.45, 2.75) is 18.9 Å². The molecule has 0 radical (unpaired) electrons. The summed E-state index contributed by atoms with van der Waals surface area (Å²) < 4.78 is 0. The average Bonchev–Trinajstić information content (AvgIpc) is 2.18. The van der Waals surface area contributed by atoms with Gasteiger partial charge in [-0.15, -0.1) is 6.58 Å². The Morgan fingerprint density at radius 3 is 3.00 bits per heavy atom. The minimum atomic E-state index is -0.219. The van der Waals surface area contributed by atoms with E-state index in [0.717, 1.165) is 12.8 Å². The molecule has 0 fully saturated rings. The molecule has 0 aliphatic heterocycles. The van der Waals surface area contributed by atoms with E-state index < -0.39 is 0 Å². The van der Waals surface area contributed by atoms with Gasteiger partial charge < -0.3 is 5.11 Å². The van der Waals surface area contributed by atoms with Gasteiger partial charge in [0.2, 0.25) is 0 Å². The molecule has 0 aromatic rings. The van der Waals surface area contributed by atoms with Gasteiger partial charge in [0.1, 0.15) is 0 Å². The maximum Gasteiger partial charge on any atom is 0.0754 e. The number of allylic oxidation sites excluding steroid dienone is 2. The molecule has 1 rings (SSSR count). The lowest BCUT2D eigenvalue weighted by Gasteiger charge is -2.09. The van der Waals surface area contributed by atoms with Crippen LogP contribution >= 0.6 is 0 Å². The molecule has 0 aromatic heterocycles. The SMILES string of the molecule is C=CCC1CC=C[C@H]1O. The van der Waals surface area contributed by atoms with Gasteiger partial charge in [-0.1, -0.05) is 18.2 Å². The van der Waals surface area contributed by atoms with Crippen molar-refractivity contribution >= 4 is 0 Å². The van der Waals surface area contributed by atoms with Crippen LogP contribution in [0.3, 0.4) is 0 Å². The molecule has 1 unspecified atom stereocenters. The van der Waals surface area contributed by atoms with Crippen LogP contribution in [0, 0.1) is 5.92 Å². The fraction of sp³-hybridized carbons (Fsp3) is 0.500. The van der Waals surface area contributed by atoms with E-state index in [-0.39, 0.29) is 6.10 Å². The summed E-state index contributed by atoms with van der Waals surface area (Å²) in [5.74, 6) is 0.405. The fourth-order valence-electron chi connectivity index (χ4n) is 1.14. The lowest BCUT2D eigenvalue weighted by Crippen LogP contribution is -2.11. The molecule has 0 amide bonds. The first-order chi connectivity index (χ1) is 4.34. The minimum absolute atomic E-state index is 0.219. The molecule has 0 heterocycles. The molecule has 0 saturated heterocycles. The Kier molecular flexibility index (Phi) is 2.06. The highest BCUT2D eigenvalue weighted by molar-refractivity contribution is 5.02. The Balaban J connectivity index is 2.36. The number of aliphatic hydroxyl groups is 1. The van der Waals surface area contributed by atoms with E-state index in [1.807, 2.05) is 18.2 Å². The second-order valence-corrected chi connectivity index (χ2v) is 2.44. The van der Waals surface area contributed by atoms with Gasteiger partial charge in [0.25, 0.3) is 0 Å². The number of rotatable bonds is 2. The van der Waals surface area contributed by atoms with Gasteiger partial charge in [-0.25, -0.2) is 0 Å². The Bertz CT molecular complexity index is 127. The highest BCUT2D eigenvalue weighted by atomic mass is 16.3. The lowest BCUT2D eigenvalue weighted by molar-refractivity contribution is 0.166.